The van der Waals surface area contributed by atoms with Crippen LogP contribution in [0.25, 0.3) is 5.57 Å². The minimum atomic E-state index is 0.271. The predicted molar refractivity (Wildman–Crippen MR) is 49.8 cm³/mol. The van der Waals surface area contributed by atoms with E-state index in [9.17, 15) is 0 Å². The number of benzene rings is 1. The van der Waals surface area contributed by atoms with Gasteiger partial charge in [-0.25, -0.2) is 0 Å². The lowest BCUT2D eigenvalue weighted by molar-refractivity contribution is -0.0116. The van der Waals surface area contributed by atoms with Gasteiger partial charge in [-0.2, -0.15) is 0 Å². The van der Waals surface area contributed by atoms with E-state index >= 15 is 0 Å². The van der Waals surface area contributed by atoms with Crippen LogP contribution in [-0.2, 0) is 4.74 Å². The van der Waals surface area contributed by atoms with Crippen molar-refractivity contribution in [3.63, 3.8) is 0 Å². The monoisotopic (exact) mass is 160 g/mol. The lowest BCUT2D eigenvalue weighted by Crippen LogP contribution is -2.27. The Balaban J connectivity index is 2.14. The van der Waals surface area contributed by atoms with Gasteiger partial charge in [-0.1, -0.05) is 36.9 Å². The van der Waals surface area contributed by atoms with E-state index in [-0.39, 0.29) is 6.10 Å². The Morgan fingerprint density at radius 1 is 1.33 bits per heavy atom. The lowest BCUT2D eigenvalue weighted by Gasteiger charge is -2.28. The summed E-state index contributed by atoms with van der Waals surface area (Å²) < 4.78 is 5.35. The van der Waals surface area contributed by atoms with Gasteiger partial charge in [0.05, 0.1) is 12.7 Å². The minimum Gasteiger partial charge on any atom is -0.373 e. The highest BCUT2D eigenvalue weighted by Crippen LogP contribution is 2.26. The van der Waals surface area contributed by atoms with Crippen molar-refractivity contribution < 1.29 is 4.74 Å². The highest BCUT2D eigenvalue weighted by Gasteiger charge is 2.21. The van der Waals surface area contributed by atoms with Crippen molar-refractivity contribution in [2.75, 3.05) is 6.61 Å². The van der Waals surface area contributed by atoms with Crippen LogP contribution in [-0.4, -0.2) is 12.7 Å². The summed E-state index contributed by atoms with van der Waals surface area (Å²) in [5.41, 5.74) is 2.31. The molecule has 0 radical (unpaired) electrons. The maximum Gasteiger partial charge on any atom is 0.0846 e. The Bertz CT molecular complexity index is 272. The van der Waals surface area contributed by atoms with Gasteiger partial charge in [-0.15, -0.1) is 0 Å². The maximum absolute atomic E-state index is 5.35. The second-order valence-electron chi connectivity index (χ2n) is 3.04. The van der Waals surface area contributed by atoms with Crippen LogP contribution in [0.4, 0.5) is 0 Å². The fourth-order valence-corrected chi connectivity index (χ4v) is 1.35. The summed E-state index contributed by atoms with van der Waals surface area (Å²) >= 11 is 0. The molecule has 0 amide bonds. The Morgan fingerprint density at radius 2 is 2.00 bits per heavy atom. The topological polar surface area (TPSA) is 9.23 Å². The molecule has 1 nitrogen and oxygen atoms in total. The third-order valence-corrected chi connectivity index (χ3v) is 2.23. The minimum absolute atomic E-state index is 0.271. The average molecular weight is 160 g/mol. The zero-order valence-electron chi connectivity index (χ0n) is 6.99. The Morgan fingerprint density at radius 3 is 2.50 bits per heavy atom. The van der Waals surface area contributed by atoms with E-state index in [4.69, 9.17) is 4.74 Å². The van der Waals surface area contributed by atoms with E-state index in [2.05, 4.69) is 18.7 Å². The molecule has 1 aliphatic heterocycles. The van der Waals surface area contributed by atoms with Crippen molar-refractivity contribution in [2.24, 2.45) is 0 Å². The van der Waals surface area contributed by atoms with Crippen molar-refractivity contribution >= 4 is 5.57 Å². The molecule has 0 aliphatic carbocycles. The van der Waals surface area contributed by atoms with Crippen molar-refractivity contribution in [1.29, 1.82) is 0 Å². The number of rotatable bonds is 2. The quantitative estimate of drug-likeness (QED) is 0.645. The van der Waals surface area contributed by atoms with Crippen LogP contribution in [0, 0.1) is 0 Å². The van der Waals surface area contributed by atoms with Crippen LogP contribution in [0.2, 0.25) is 0 Å². The molecule has 2 rings (SSSR count). The van der Waals surface area contributed by atoms with Crippen LogP contribution in [0.3, 0.4) is 0 Å². The van der Waals surface area contributed by atoms with E-state index < -0.39 is 0 Å². The number of hydrogen-bond acceptors (Lipinski definition) is 1. The molecule has 1 aromatic carbocycles. The van der Waals surface area contributed by atoms with E-state index in [0.29, 0.717) is 0 Å². The molecule has 1 aromatic rings. The Kier molecular flexibility index (Phi) is 1.96. The summed E-state index contributed by atoms with van der Waals surface area (Å²) in [6.07, 6.45) is 1.39. The normalized spacial score (nSPS) is 21.5. The molecule has 1 saturated heterocycles. The van der Waals surface area contributed by atoms with E-state index in [1.54, 1.807) is 0 Å². The lowest BCUT2D eigenvalue weighted by atomic mass is 9.98. The third-order valence-electron chi connectivity index (χ3n) is 2.23. The van der Waals surface area contributed by atoms with Gasteiger partial charge in [-0.05, 0) is 11.1 Å². The summed E-state index contributed by atoms with van der Waals surface area (Å²) in [6.45, 7) is 4.91. The molecule has 62 valence electrons. The van der Waals surface area contributed by atoms with E-state index in [1.165, 1.54) is 5.56 Å². The van der Waals surface area contributed by atoms with Gasteiger partial charge in [-0.3, -0.25) is 0 Å². The molecule has 1 atom stereocenters. The van der Waals surface area contributed by atoms with Crippen molar-refractivity contribution in [3.8, 4) is 0 Å². The van der Waals surface area contributed by atoms with Gasteiger partial charge in [0.15, 0.2) is 0 Å². The van der Waals surface area contributed by atoms with Crippen molar-refractivity contribution in [1.82, 2.24) is 0 Å². The molecule has 12 heavy (non-hydrogen) atoms. The molecule has 0 spiro atoms. The molecule has 0 aromatic heterocycles. The molecule has 1 heteroatoms. The predicted octanol–water partition coefficient (Wildman–Crippen LogP) is 2.49. The third kappa shape index (κ3) is 1.28. The molecule has 1 aliphatic rings. The number of hydrogen-bond donors (Lipinski definition) is 0. The van der Waals surface area contributed by atoms with Crippen LogP contribution in [0.1, 0.15) is 12.0 Å². The standard InChI is InChI=1S/C11H12O/c1-9(11-7-8-12-11)10-5-3-2-4-6-10/h2-6,11H,1,7-8H2. The van der Waals surface area contributed by atoms with Gasteiger partial charge in [0, 0.05) is 6.42 Å². The fraction of sp³-hybridized carbons (Fsp3) is 0.273. The smallest absolute Gasteiger partial charge is 0.0846 e. The van der Waals surface area contributed by atoms with Crippen LogP contribution in [0.5, 0.6) is 0 Å². The first-order valence-corrected chi connectivity index (χ1v) is 4.24. The Labute approximate surface area is 72.7 Å². The first-order valence-electron chi connectivity index (χ1n) is 4.24. The summed E-state index contributed by atoms with van der Waals surface area (Å²) in [7, 11) is 0. The SMILES string of the molecule is C=C(c1ccccc1)C1CCO1. The largest absolute Gasteiger partial charge is 0.373 e. The summed E-state index contributed by atoms with van der Waals surface area (Å²) in [6, 6.07) is 10.2. The van der Waals surface area contributed by atoms with Crippen LogP contribution >= 0.6 is 0 Å². The molecule has 1 fully saturated rings. The molecule has 0 N–H and O–H groups in total. The molecular formula is C11H12O. The van der Waals surface area contributed by atoms with Crippen molar-refractivity contribution in [3.05, 3.63) is 42.5 Å². The Hall–Kier alpha value is -1.08. The van der Waals surface area contributed by atoms with Gasteiger partial charge >= 0.3 is 0 Å². The van der Waals surface area contributed by atoms with Gasteiger partial charge in [0.1, 0.15) is 0 Å². The molecule has 0 saturated carbocycles. The first kappa shape index (κ1) is 7.56. The molecule has 1 heterocycles. The summed E-state index contributed by atoms with van der Waals surface area (Å²) in [4.78, 5) is 0. The highest BCUT2D eigenvalue weighted by molar-refractivity contribution is 5.67. The van der Waals surface area contributed by atoms with Crippen molar-refractivity contribution in [2.45, 2.75) is 12.5 Å². The summed E-state index contributed by atoms with van der Waals surface area (Å²) in [5, 5.41) is 0. The fourth-order valence-electron chi connectivity index (χ4n) is 1.35. The second kappa shape index (κ2) is 3.11. The van der Waals surface area contributed by atoms with Crippen LogP contribution < -0.4 is 0 Å². The average Bonchev–Trinajstić information content (AvgIpc) is 2.03. The zero-order valence-corrected chi connectivity index (χ0v) is 6.99. The molecular weight excluding hydrogens is 148 g/mol. The zero-order chi connectivity index (χ0) is 8.39. The van der Waals surface area contributed by atoms with Gasteiger partial charge in [0.25, 0.3) is 0 Å². The summed E-state index contributed by atoms with van der Waals surface area (Å²) in [5.74, 6) is 0. The maximum atomic E-state index is 5.35. The van der Waals surface area contributed by atoms with E-state index in [1.807, 2.05) is 18.2 Å². The van der Waals surface area contributed by atoms with E-state index in [0.717, 1.165) is 18.6 Å². The van der Waals surface area contributed by atoms with Crippen LogP contribution in [0.15, 0.2) is 36.9 Å². The molecule has 1 unspecified atom stereocenters. The second-order valence-corrected chi connectivity index (χ2v) is 3.04. The highest BCUT2D eigenvalue weighted by atomic mass is 16.5. The van der Waals surface area contributed by atoms with Gasteiger partial charge in [0.2, 0.25) is 0 Å². The first-order chi connectivity index (χ1) is 5.88. The molecule has 0 bridgehead atoms. The van der Waals surface area contributed by atoms with Gasteiger partial charge < -0.3 is 4.74 Å². The number of ether oxygens (including phenoxy) is 1.